The Kier molecular flexibility index (Phi) is 3.62. The maximum atomic E-state index is 11.4. The number of aromatic nitrogens is 3. The van der Waals surface area contributed by atoms with Crippen LogP contribution in [0.5, 0.6) is 0 Å². The van der Waals surface area contributed by atoms with Crippen LogP contribution in [0.4, 0.5) is 0 Å². The Hall–Kier alpha value is -2.20. The number of nitrogens with zero attached hydrogens (tertiary/aromatic N) is 3. The van der Waals surface area contributed by atoms with E-state index in [4.69, 9.17) is 0 Å². The fraction of sp³-hybridized carbons (Fsp3) is 0.368. The van der Waals surface area contributed by atoms with Crippen molar-refractivity contribution in [2.45, 2.75) is 43.7 Å². The summed E-state index contributed by atoms with van der Waals surface area (Å²) in [5.74, 6) is 0. The van der Waals surface area contributed by atoms with Gasteiger partial charge in [0.1, 0.15) is 11.6 Å². The van der Waals surface area contributed by atoms with E-state index in [0.29, 0.717) is 0 Å². The highest BCUT2D eigenvalue weighted by atomic mass is 16.3. The van der Waals surface area contributed by atoms with E-state index in [9.17, 15) is 5.11 Å². The maximum Gasteiger partial charge on any atom is 0.113 e. The summed E-state index contributed by atoms with van der Waals surface area (Å²) in [6.45, 7) is 0. The van der Waals surface area contributed by atoms with E-state index >= 15 is 0 Å². The van der Waals surface area contributed by atoms with Crippen LogP contribution in [-0.4, -0.2) is 25.7 Å². The molecule has 0 amide bonds. The Morgan fingerprint density at radius 2 is 1.61 bits per heavy atom. The molecular weight excluding hydrogens is 286 g/mol. The Morgan fingerprint density at radius 1 is 0.913 bits per heavy atom. The Labute approximate surface area is 135 Å². The van der Waals surface area contributed by atoms with Crippen molar-refractivity contribution in [3.05, 3.63) is 60.2 Å². The van der Waals surface area contributed by atoms with Crippen LogP contribution in [0.2, 0.25) is 0 Å². The fourth-order valence-electron chi connectivity index (χ4n) is 3.83. The minimum atomic E-state index is -0.768. The van der Waals surface area contributed by atoms with E-state index in [0.717, 1.165) is 42.3 Å². The van der Waals surface area contributed by atoms with Crippen LogP contribution in [-0.2, 0) is 0 Å². The van der Waals surface area contributed by atoms with Crippen LogP contribution < -0.4 is 0 Å². The number of rotatable bonds is 3. The molecule has 1 aromatic heterocycles. The number of para-hydroxylation sites is 1. The lowest BCUT2D eigenvalue weighted by atomic mass is 9.77. The van der Waals surface area contributed by atoms with E-state index in [-0.39, 0.29) is 6.04 Å². The van der Waals surface area contributed by atoms with Gasteiger partial charge < -0.3 is 5.11 Å². The molecule has 2 aromatic carbocycles. The quantitative estimate of drug-likeness (QED) is 0.802. The van der Waals surface area contributed by atoms with Gasteiger partial charge in [-0.2, -0.15) is 0 Å². The zero-order valence-electron chi connectivity index (χ0n) is 13.1. The average molecular weight is 307 g/mol. The normalized spacial score (nSPS) is 18.8. The molecule has 1 saturated carbocycles. The van der Waals surface area contributed by atoms with Crippen molar-refractivity contribution in [1.29, 1.82) is 0 Å². The Balaban J connectivity index is 1.88. The van der Waals surface area contributed by atoms with Crippen molar-refractivity contribution in [2.75, 3.05) is 0 Å². The van der Waals surface area contributed by atoms with Gasteiger partial charge in [-0.1, -0.05) is 66.9 Å². The lowest BCUT2D eigenvalue weighted by Crippen LogP contribution is -2.42. The molecule has 1 fully saturated rings. The van der Waals surface area contributed by atoms with E-state index in [2.05, 4.69) is 22.4 Å². The first-order chi connectivity index (χ1) is 11.3. The zero-order chi connectivity index (χ0) is 15.7. The van der Waals surface area contributed by atoms with Crippen LogP contribution >= 0.6 is 0 Å². The van der Waals surface area contributed by atoms with Crippen molar-refractivity contribution in [2.24, 2.45) is 0 Å². The Morgan fingerprint density at radius 3 is 2.39 bits per heavy atom. The molecule has 4 nitrogen and oxygen atoms in total. The van der Waals surface area contributed by atoms with Gasteiger partial charge in [-0.15, -0.1) is 5.10 Å². The molecule has 1 aliphatic rings. The molecule has 118 valence electrons. The molecule has 1 aliphatic carbocycles. The van der Waals surface area contributed by atoms with Crippen molar-refractivity contribution in [3.63, 3.8) is 0 Å². The third-order valence-corrected chi connectivity index (χ3v) is 4.97. The molecule has 1 atom stereocenters. The van der Waals surface area contributed by atoms with Gasteiger partial charge in [0.2, 0.25) is 0 Å². The molecule has 0 bridgehead atoms. The highest BCUT2D eigenvalue weighted by molar-refractivity contribution is 5.74. The second kappa shape index (κ2) is 5.78. The first-order valence-electron chi connectivity index (χ1n) is 8.35. The minimum Gasteiger partial charge on any atom is -0.387 e. The highest BCUT2D eigenvalue weighted by Gasteiger charge is 2.41. The molecule has 0 unspecified atom stereocenters. The summed E-state index contributed by atoms with van der Waals surface area (Å²) in [7, 11) is 0. The predicted octanol–water partition coefficient (Wildman–Crippen LogP) is 3.72. The zero-order valence-corrected chi connectivity index (χ0v) is 13.1. The first kappa shape index (κ1) is 14.4. The summed E-state index contributed by atoms with van der Waals surface area (Å²) >= 11 is 0. The van der Waals surface area contributed by atoms with E-state index in [1.54, 1.807) is 0 Å². The molecule has 4 heteroatoms. The molecule has 3 aromatic rings. The van der Waals surface area contributed by atoms with Gasteiger partial charge in [0.25, 0.3) is 0 Å². The predicted molar refractivity (Wildman–Crippen MR) is 90.1 cm³/mol. The fourth-order valence-corrected chi connectivity index (χ4v) is 3.83. The third-order valence-electron chi connectivity index (χ3n) is 4.97. The topological polar surface area (TPSA) is 50.9 Å². The Bertz CT molecular complexity index is 790. The van der Waals surface area contributed by atoms with Crippen molar-refractivity contribution < 1.29 is 5.11 Å². The summed E-state index contributed by atoms with van der Waals surface area (Å²) in [5.41, 5.74) is 2.16. The summed E-state index contributed by atoms with van der Waals surface area (Å²) < 4.78 is 1.91. The van der Waals surface area contributed by atoms with Gasteiger partial charge in [-0.25, -0.2) is 4.68 Å². The minimum absolute atomic E-state index is 0.198. The van der Waals surface area contributed by atoms with E-state index in [1.807, 2.05) is 47.1 Å². The van der Waals surface area contributed by atoms with Crippen molar-refractivity contribution in [1.82, 2.24) is 15.0 Å². The summed E-state index contributed by atoms with van der Waals surface area (Å²) in [6, 6.07) is 18.0. The number of aliphatic hydroxyl groups is 1. The van der Waals surface area contributed by atoms with E-state index < -0.39 is 5.60 Å². The van der Waals surface area contributed by atoms with Gasteiger partial charge in [0.05, 0.1) is 11.1 Å². The molecule has 1 heterocycles. The monoisotopic (exact) mass is 307 g/mol. The van der Waals surface area contributed by atoms with Crippen molar-refractivity contribution >= 4 is 11.0 Å². The highest BCUT2D eigenvalue weighted by Crippen LogP contribution is 2.41. The second-order valence-corrected chi connectivity index (χ2v) is 6.50. The lowest BCUT2D eigenvalue weighted by Gasteiger charge is -2.39. The number of hydrogen-bond acceptors (Lipinski definition) is 3. The number of fused-ring (bicyclic) bond motifs is 1. The lowest BCUT2D eigenvalue weighted by molar-refractivity contribution is -0.0328. The summed E-state index contributed by atoms with van der Waals surface area (Å²) in [4.78, 5) is 0. The second-order valence-electron chi connectivity index (χ2n) is 6.50. The molecule has 1 N–H and O–H groups in total. The molecule has 0 spiro atoms. The van der Waals surface area contributed by atoms with Gasteiger partial charge in [-0.05, 0) is 30.5 Å². The van der Waals surface area contributed by atoms with Crippen LogP contribution in [0.1, 0.15) is 43.7 Å². The van der Waals surface area contributed by atoms with E-state index in [1.165, 1.54) is 6.42 Å². The van der Waals surface area contributed by atoms with Gasteiger partial charge in [0, 0.05) is 0 Å². The number of hydrogen-bond donors (Lipinski definition) is 1. The maximum absolute atomic E-state index is 11.4. The largest absolute Gasteiger partial charge is 0.387 e. The van der Waals surface area contributed by atoms with Gasteiger partial charge in [0.15, 0.2) is 0 Å². The van der Waals surface area contributed by atoms with Crippen LogP contribution in [0.15, 0.2) is 54.6 Å². The van der Waals surface area contributed by atoms with Crippen LogP contribution in [0, 0.1) is 0 Å². The first-order valence-corrected chi connectivity index (χ1v) is 8.35. The number of benzene rings is 2. The van der Waals surface area contributed by atoms with Crippen LogP contribution in [0.3, 0.4) is 0 Å². The molecule has 4 rings (SSSR count). The average Bonchev–Trinajstić information content (AvgIpc) is 3.00. The smallest absolute Gasteiger partial charge is 0.113 e. The molecule has 0 saturated heterocycles. The van der Waals surface area contributed by atoms with Crippen molar-refractivity contribution in [3.8, 4) is 0 Å². The molecule has 23 heavy (non-hydrogen) atoms. The van der Waals surface area contributed by atoms with Gasteiger partial charge in [-0.3, -0.25) is 0 Å². The molecule has 0 radical (unpaired) electrons. The molecule has 0 aliphatic heterocycles. The standard InChI is InChI=1S/C19H21N3O/c23-19(13-7-2-8-14-19)18(15-9-3-1-4-10-15)22-17-12-6-5-11-16(17)20-21-22/h1,3-6,9-12,18,23H,2,7-8,13-14H2/t18-/m1/s1. The van der Waals surface area contributed by atoms with Crippen LogP contribution in [0.25, 0.3) is 11.0 Å². The third kappa shape index (κ3) is 2.53. The SMILES string of the molecule is OC1([C@@H](c2ccccc2)n2nnc3ccccc32)CCCCC1. The van der Waals surface area contributed by atoms with Gasteiger partial charge >= 0.3 is 0 Å². The summed E-state index contributed by atoms with van der Waals surface area (Å²) in [6.07, 6.45) is 4.93. The summed E-state index contributed by atoms with van der Waals surface area (Å²) in [5, 5.41) is 20.1. The molecular formula is C19H21N3O.